The minimum Gasteiger partial charge on any atom is -0.394 e. The Bertz CT molecular complexity index is 230. The second-order valence-corrected chi connectivity index (χ2v) is 7.13. The third-order valence-electron chi connectivity index (χ3n) is 2.67. The minimum atomic E-state index is -2.83. The highest BCUT2D eigenvalue weighted by Gasteiger charge is 2.40. The molecule has 0 bridgehead atoms. The van der Waals surface area contributed by atoms with E-state index in [-0.39, 0.29) is 32.5 Å². The van der Waals surface area contributed by atoms with E-state index >= 15 is 0 Å². The summed E-state index contributed by atoms with van der Waals surface area (Å²) in [4.78, 5) is 0. The lowest BCUT2D eigenvalue weighted by Gasteiger charge is -2.28. The van der Waals surface area contributed by atoms with E-state index in [4.69, 9.17) is 33.0 Å². The SMILES string of the molecule is CCO[Si](CCCOCC1CO1)(OCCO)OCCO. The topological polar surface area (TPSA) is 89.9 Å². The van der Waals surface area contributed by atoms with Crippen LogP contribution in [0.2, 0.25) is 6.04 Å². The van der Waals surface area contributed by atoms with E-state index in [1.54, 1.807) is 0 Å². The van der Waals surface area contributed by atoms with Crippen molar-refractivity contribution in [2.24, 2.45) is 0 Å². The van der Waals surface area contributed by atoms with Crippen LogP contribution in [-0.4, -0.2) is 78.0 Å². The van der Waals surface area contributed by atoms with Crippen LogP contribution in [0.4, 0.5) is 0 Å². The van der Waals surface area contributed by atoms with Crippen LogP contribution in [0.5, 0.6) is 0 Å². The summed E-state index contributed by atoms with van der Waals surface area (Å²) in [7, 11) is -2.83. The molecule has 8 heteroatoms. The Morgan fingerprint density at radius 2 is 1.75 bits per heavy atom. The van der Waals surface area contributed by atoms with Gasteiger partial charge in [0.1, 0.15) is 6.10 Å². The van der Waals surface area contributed by atoms with E-state index in [0.29, 0.717) is 25.9 Å². The first-order chi connectivity index (χ1) is 9.76. The molecule has 0 spiro atoms. The van der Waals surface area contributed by atoms with Crippen LogP contribution < -0.4 is 0 Å². The average Bonchev–Trinajstić information content (AvgIpc) is 3.27. The molecule has 1 atom stereocenters. The van der Waals surface area contributed by atoms with E-state index in [2.05, 4.69) is 0 Å². The fourth-order valence-corrected chi connectivity index (χ4v) is 4.24. The monoisotopic (exact) mass is 310 g/mol. The molecule has 1 rings (SSSR count). The largest absolute Gasteiger partial charge is 0.501 e. The maximum absolute atomic E-state index is 8.90. The molecule has 1 heterocycles. The molecule has 1 aliphatic rings. The van der Waals surface area contributed by atoms with Crippen LogP contribution in [-0.2, 0) is 22.8 Å². The van der Waals surface area contributed by atoms with Crippen molar-refractivity contribution in [2.75, 3.05) is 52.9 Å². The maximum Gasteiger partial charge on any atom is 0.501 e. The van der Waals surface area contributed by atoms with Crippen molar-refractivity contribution in [2.45, 2.75) is 25.5 Å². The number of aliphatic hydroxyl groups excluding tert-OH is 2. The van der Waals surface area contributed by atoms with Crippen LogP contribution in [0, 0.1) is 0 Å². The fraction of sp³-hybridized carbons (Fsp3) is 1.00. The van der Waals surface area contributed by atoms with Crippen LogP contribution in [0.1, 0.15) is 13.3 Å². The Balaban J connectivity index is 2.31. The van der Waals surface area contributed by atoms with Crippen molar-refractivity contribution in [1.29, 1.82) is 0 Å². The summed E-state index contributed by atoms with van der Waals surface area (Å²) in [6.07, 6.45) is 1.01. The fourth-order valence-electron chi connectivity index (χ4n) is 1.73. The summed E-state index contributed by atoms with van der Waals surface area (Å²) in [6, 6.07) is 0.604. The van der Waals surface area contributed by atoms with E-state index in [9.17, 15) is 0 Å². The molecule has 0 aromatic heterocycles. The molecule has 7 nitrogen and oxygen atoms in total. The van der Waals surface area contributed by atoms with Crippen LogP contribution in [0.25, 0.3) is 0 Å². The summed E-state index contributed by atoms with van der Waals surface area (Å²) >= 11 is 0. The molecule has 1 fully saturated rings. The van der Waals surface area contributed by atoms with Gasteiger partial charge in [0, 0.05) is 19.3 Å². The lowest BCUT2D eigenvalue weighted by molar-refractivity contribution is 0.0362. The Hall–Kier alpha value is -0.0631. The zero-order valence-electron chi connectivity index (χ0n) is 12.1. The third-order valence-corrected chi connectivity index (χ3v) is 5.65. The molecule has 1 aliphatic heterocycles. The van der Waals surface area contributed by atoms with Crippen LogP contribution in [0.3, 0.4) is 0 Å². The van der Waals surface area contributed by atoms with Gasteiger partial charge in [-0.15, -0.1) is 0 Å². The van der Waals surface area contributed by atoms with Gasteiger partial charge in [0.2, 0.25) is 0 Å². The second kappa shape index (κ2) is 10.6. The van der Waals surface area contributed by atoms with Crippen LogP contribution in [0.15, 0.2) is 0 Å². The molecule has 0 saturated carbocycles. The lowest BCUT2D eigenvalue weighted by Crippen LogP contribution is -2.47. The van der Waals surface area contributed by atoms with Crippen molar-refractivity contribution in [1.82, 2.24) is 0 Å². The normalized spacial score (nSPS) is 18.4. The molecular formula is C12H26O7Si. The van der Waals surface area contributed by atoms with Gasteiger partial charge in [-0.2, -0.15) is 0 Å². The molecule has 0 aliphatic carbocycles. The van der Waals surface area contributed by atoms with Gasteiger partial charge >= 0.3 is 8.80 Å². The number of rotatable bonds is 14. The Morgan fingerprint density at radius 3 is 2.25 bits per heavy atom. The maximum atomic E-state index is 8.90. The molecule has 0 aromatic rings. The Labute approximate surface area is 121 Å². The van der Waals surface area contributed by atoms with Crippen molar-refractivity contribution >= 4 is 8.80 Å². The summed E-state index contributed by atoms with van der Waals surface area (Å²) < 4.78 is 27.4. The first kappa shape index (κ1) is 18.0. The van der Waals surface area contributed by atoms with Gasteiger partial charge in [0.15, 0.2) is 0 Å². The molecule has 0 aromatic carbocycles. The van der Waals surface area contributed by atoms with Crippen molar-refractivity contribution in [3.05, 3.63) is 0 Å². The molecule has 0 radical (unpaired) electrons. The first-order valence-electron chi connectivity index (χ1n) is 7.09. The quantitative estimate of drug-likeness (QED) is 0.260. The first-order valence-corrected chi connectivity index (χ1v) is 9.02. The van der Waals surface area contributed by atoms with Gasteiger partial charge in [-0.05, 0) is 13.3 Å². The van der Waals surface area contributed by atoms with E-state index in [0.717, 1.165) is 13.0 Å². The minimum absolute atomic E-state index is 0.0835. The summed E-state index contributed by atoms with van der Waals surface area (Å²) in [5.74, 6) is 0. The van der Waals surface area contributed by atoms with Crippen LogP contribution >= 0.6 is 0 Å². The number of hydrogen-bond donors (Lipinski definition) is 2. The third kappa shape index (κ3) is 7.65. The zero-order chi connectivity index (χ0) is 14.7. The Kier molecular flexibility index (Phi) is 9.56. The molecular weight excluding hydrogens is 284 g/mol. The van der Waals surface area contributed by atoms with Gasteiger partial charge in [0.05, 0.1) is 39.6 Å². The van der Waals surface area contributed by atoms with Crippen molar-refractivity contribution in [3.63, 3.8) is 0 Å². The van der Waals surface area contributed by atoms with E-state index in [1.165, 1.54) is 0 Å². The predicted molar refractivity (Wildman–Crippen MR) is 73.4 cm³/mol. The number of aliphatic hydroxyl groups is 2. The molecule has 1 saturated heterocycles. The number of epoxide rings is 1. The highest BCUT2D eigenvalue weighted by Crippen LogP contribution is 2.18. The highest BCUT2D eigenvalue weighted by atomic mass is 28.4. The predicted octanol–water partition coefficient (Wildman–Crippen LogP) is -0.215. The Morgan fingerprint density at radius 1 is 1.10 bits per heavy atom. The molecule has 20 heavy (non-hydrogen) atoms. The lowest BCUT2D eigenvalue weighted by atomic mass is 10.5. The zero-order valence-corrected chi connectivity index (χ0v) is 13.1. The second-order valence-electron chi connectivity index (χ2n) is 4.39. The van der Waals surface area contributed by atoms with Gasteiger partial charge in [-0.1, -0.05) is 0 Å². The molecule has 0 amide bonds. The number of hydrogen-bond acceptors (Lipinski definition) is 7. The van der Waals surface area contributed by atoms with E-state index in [1.807, 2.05) is 6.92 Å². The molecule has 2 N–H and O–H groups in total. The summed E-state index contributed by atoms with van der Waals surface area (Å²) in [6.45, 7) is 4.53. The molecule has 1 unspecified atom stereocenters. The average molecular weight is 310 g/mol. The smallest absolute Gasteiger partial charge is 0.394 e. The summed E-state index contributed by atoms with van der Waals surface area (Å²) in [5.41, 5.74) is 0. The highest BCUT2D eigenvalue weighted by molar-refractivity contribution is 6.60. The number of ether oxygens (including phenoxy) is 2. The van der Waals surface area contributed by atoms with Gasteiger partial charge in [0.25, 0.3) is 0 Å². The van der Waals surface area contributed by atoms with Crippen molar-refractivity contribution < 1.29 is 33.0 Å². The van der Waals surface area contributed by atoms with Gasteiger partial charge in [-0.3, -0.25) is 0 Å². The van der Waals surface area contributed by atoms with Crippen molar-refractivity contribution in [3.8, 4) is 0 Å². The van der Waals surface area contributed by atoms with Gasteiger partial charge < -0.3 is 33.0 Å². The molecule has 120 valence electrons. The van der Waals surface area contributed by atoms with Gasteiger partial charge in [-0.25, -0.2) is 0 Å². The van der Waals surface area contributed by atoms with E-state index < -0.39 is 8.80 Å². The summed E-state index contributed by atoms with van der Waals surface area (Å²) in [5, 5.41) is 17.8. The standard InChI is InChI=1S/C12H26O7Si/c1-2-17-20(18-7-4-13,19-8-5-14)9-3-6-15-10-12-11-16-12/h12-14H,2-11H2,1H3.